The Morgan fingerprint density at radius 2 is 2.13 bits per heavy atom. The molecule has 2 aromatic rings. The number of aromatic nitrogens is 2. The van der Waals surface area contributed by atoms with Crippen molar-refractivity contribution in [1.82, 2.24) is 10.2 Å². The predicted octanol–water partition coefficient (Wildman–Crippen LogP) is 4.04. The molecule has 1 aliphatic rings. The van der Waals surface area contributed by atoms with Gasteiger partial charge in [-0.1, -0.05) is 35.1 Å². The van der Waals surface area contributed by atoms with Crippen molar-refractivity contribution in [3.05, 3.63) is 39.9 Å². The summed E-state index contributed by atoms with van der Waals surface area (Å²) in [5.41, 5.74) is 1.21. The number of nitrogens with zero attached hydrogens (tertiary/aromatic N) is 3. The van der Waals surface area contributed by atoms with Gasteiger partial charge in [0.2, 0.25) is 5.13 Å². The third-order valence-corrected chi connectivity index (χ3v) is 5.31. The molecule has 1 unspecified atom stereocenters. The molecule has 0 saturated carbocycles. The maximum absolute atomic E-state index is 5.93. The van der Waals surface area contributed by atoms with E-state index >= 15 is 0 Å². The molecule has 1 atom stereocenters. The van der Waals surface area contributed by atoms with E-state index in [0.717, 1.165) is 47.9 Å². The molecule has 1 saturated heterocycles. The summed E-state index contributed by atoms with van der Waals surface area (Å²) in [6.45, 7) is 5.78. The van der Waals surface area contributed by atoms with Gasteiger partial charge in [-0.3, -0.25) is 0 Å². The third-order valence-electron chi connectivity index (χ3n) is 4.07. The Labute approximate surface area is 146 Å². The first kappa shape index (κ1) is 16.7. The molecule has 1 fully saturated rings. The minimum atomic E-state index is 0.604. The maximum Gasteiger partial charge on any atom is 0.208 e. The van der Waals surface area contributed by atoms with Gasteiger partial charge in [0, 0.05) is 31.1 Å². The lowest BCUT2D eigenvalue weighted by Gasteiger charge is -2.31. The van der Waals surface area contributed by atoms with Crippen molar-refractivity contribution in [2.45, 2.75) is 26.2 Å². The van der Waals surface area contributed by atoms with Crippen molar-refractivity contribution in [3.63, 3.8) is 0 Å². The molecular weight excluding hydrogens is 330 g/mol. The number of anilines is 1. The lowest BCUT2D eigenvalue weighted by Crippen LogP contribution is -2.37. The largest absolute Gasteiger partial charge is 0.381 e. The van der Waals surface area contributed by atoms with Crippen LogP contribution in [0.1, 0.15) is 30.3 Å². The molecule has 6 heteroatoms. The SMILES string of the molecule is CCOCC1CCCN(c2nnc(Cc3ccc(Cl)cc3)s2)C1. The van der Waals surface area contributed by atoms with E-state index in [2.05, 4.69) is 15.1 Å². The van der Waals surface area contributed by atoms with Crippen LogP contribution in [0.4, 0.5) is 5.13 Å². The van der Waals surface area contributed by atoms with Gasteiger partial charge >= 0.3 is 0 Å². The highest BCUT2D eigenvalue weighted by Crippen LogP contribution is 2.27. The fraction of sp³-hybridized carbons (Fsp3) is 0.529. The molecule has 23 heavy (non-hydrogen) atoms. The number of hydrogen-bond acceptors (Lipinski definition) is 5. The van der Waals surface area contributed by atoms with Gasteiger partial charge in [0.1, 0.15) is 5.01 Å². The van der Waals surface area contributed by atoms with Crippen LogP contribution in [0.5, 0.6) is 0 Å². The van der Waals surface area contributed by atoms with Gasteiger partial charge in [0.05, 0.1) is 6.61 Å². The van der Waals surface area contributed by atoms with Crippen LogP contribution in [0.25, 0.3) is 0 Å². The monoisotopic (exact) mass is 351 g/mol. The lowest BCUT2D eigenvalue weighted by atomic mass is 9.99. The fourth-order valence-electron chi connectivity index (χ4n) is 2.88. The Kier molecular flexibility index (Phi) is 5.86. The van der Waals surface area contributed by atoms with Crippen molar-refractivity contribution < 1.29 is 4.74 Å². The van der Waals surface area contributed by atoms with Crippen molar-refractivity contribution in [2.24, 2.45) is 5.92 Å². The zero-order valence-electron chi connectivity index (χ0n) is 13.4. The number of halogens is 1. The Morgan fingerprint density at radius 1 is 1.30 bits per heavy atom. The van der Waals surface area contributed by atoms with E-state index in [1.807, 2.05) is 31.2 Å². The average Bonchev–Trinajstić information content (AvgIpc) is 3.04. The van der Waals surface area contributed by atoms with E-state index in [1.54, 1.807) is 11.3 Å². The van der Waals surface area contributed by atoms with Gasteiger partial charge < -0.3 is 9.64 Å². The molecule has 0 bridgehead atoms. The quantitative estimate of drug-likeness (QED) is 0.787. The Hall–Kier alpha value is -1.17. The Morgan fingerprint density at radius 3 is 2.91 bits per heavy atom. The Balaban J connectivity index is 1.60. The van der Waals surface area contributed by atoms with Crippen molar-refractivity contribution in [2.75, 3.05) is 31.2 Å². The first-order valence-electron chi connectivity index (χ1n) is 8.14. The molecule has 2 heterocycles. The van der Waals surface area contributed by atoms with Gasteiger partial charge in [-0.2, -0.15) is 0 Å². The molecular formula is C17H22ClN3OS. The molecule has 0 amide bonds. The van der Waals surface area contributed by atoms with E-state index in [0.29, 0.717) is 5.92 Å². The summed E-state index contributed by atoms with van der Waals surface area (Å²) in [4.78, 5) is 2.36. The molecule has 1 aromatic carbocycles. The molecule has 4 nitrogen and oxygen atoms in total. The minimum Gasteiger partial charge on any atom is -0.381 e. The van der Waals surface area contributed by atoms with Gasteiger partial charge in [0.15, 0.2) is 0 Å². The lowest BCUT2D eigenvalue weighted by molar-refractivity contribution is 0.104. The molecule has 0 N–H and O–H groups in total. The van der Waals surface area contributed by atoms with Crippen molar-refractivity contribution in [3.8, 4) is 0 Å². The second kappa shape index (κ2) is 8.08. The molecule has 3 rings (SSSR count). The van der Waals surface area contributed by atoms with Crippen LogP contribution in [0.2, 0.25) is 5.02 Å². The molecule has 0 aliphatic carbocycles. The number of hydrogen-bond donors (Lipinski definition) is 0. The normalized spacial score (nSPS) is 18.3. The van der Waals surface area contributed by atoms with Gasteiger partial charge in [-0.15, -0.1) is 10.2 Å². The summed E-state index contributed by atoms with van der Waals surface area (Å²) < 4.78 is 5.58. The van der Waals surface area contributed by atoms with E-state index in [4.69, 9.17) is 16.3 Å². The standard InChI is InChI=1S/C17H22ClN3OS/c1-2-22-12-14-4-3-9-21(11-14)17-20-19-16(23-17)10-13-5-7-15(18)8-6-13/h5-8,14H,2-4,9-12H2,1H3. The van der Waals surface area contributed by atoms with E-state index < -0.39 is 0 Å². The Bertz CT molecular complexity index is 617. The molecule has 1 aromatic heterocycles. The number of ether oxygens (including phenoxy) is 1. The molecule has 1 aliphatic heterocycles. The maximum atomic E-state index is 5.93. The zero-order chi connectivity index (χ0) is 16.1. The average molecular weight is 352 g/mol. The molecule has 0 radical (unpaired) electrons. The summed E-state index contributed by atoms with van der Waals surface area (Å²) in [5.74, 6) is 0.604. The van der Waals surface area contributed by atoms with E-state index in [-0.39, 0.29) is 0 Å². The zero-order valence-corrected chi connectivity index (χ0v) is 14.9. The van der Waals surface area contributed by atoms with Gasteiger partial charge in [0.25, 0.3) is 0 Å². The van der Waals surface area contributed by atoms with Crippen LogP contribution in [-0.4, -0.2) is 36.5 Å². The second-order valence-electron chi connectivity index (χ2n) is 5.90. The summed E-state index contributed by atoms with van der Waals surface area (Å²) in [6.07, 6.45) is 3.25. The third kappa shape index (κ3) is 4.66. The summed E-state index contributed by atoms with van der Waals surface area (Å²) in [7, 11) is 0. The second-order valence-corrected chi connectivity index (χ2v) is 7.37. The highest BCUT2D eigenvalue weighted by molar-refractivity contribution is 7.15. The molecule has 124 valence electrons. The first-order valence-corrected chi connectivity index (χ1v) is 9.33. The van der Waals surface area contributed by atoms with Crippen molar-refractivity contribution in [1.29, 1.82) is 0 Å². The van der Waals surface area contributed by atoms with Crippen LogP contribution in [0.15, 0.2) is 24.3 Å². The predicted molar refractivity (Wildman–Crippen MR) is 95.6 cm³/mol. The van der Waals surface area contributed by atoms with Crippen LogP contribution >= 0.6 is 22.9 Å². The fourth-order valence-corrected chi connectivity index (χ4v) is 3.91. The first-order chi connectivity index (χ1) is 11.2. The number of rotatable bonds is 6. The van der Waals surface area contributed by atoms with Gasteiger partial charge in [-0.25, -0.2) is 0 Å². The van der Waals surface area contributed by atoms with Crippen LogP contribution < -0.4 is 4.90 Å². The van der Waals surface area contributed by atoms with Crippen LogP contribution in [0, 0.1) is 5.92 Å². The van der Waals surface area contributed by atoms with Gasteiger partial charge in [-0.05, 0) is 43.4 Å². The van der Waals surface area contributed by atoms with E-state index in [1.165, 1.54) is 18.4 Å². The van der Waals surface area contributed by atoms with Crippen LogP contribution in [0.3, 0.4) is 0 Å². The number of benzene rings is 1. The number of piperidine rings is 1. The smallest absolute Gasteiger partial charge is 0.208 e. The van der Waals surface area contributed by atoms with Crippen LogP contribution in [-0.2, 0) is 11.2 Å². The highest BCUT2D eigenvalue weighted by atomic mass is 35.5. The summed E-state index contributed by atoms with van der Waals surface area (Å²) >= 11 is 7.62. The molecule has 0 spiro atoms. The highest BCUT2D eigenvalue weighted by Gasteiger charge is 2.22. The summed E-state index contributed by atoms with van der Waals surface area (Å²) in [6, 6.07) is 7.93. The van der Waals surface area contributed by atoms with E-state index in [9.17, 15) is 0 Å². The minimum absolute atomic E-state index is 0.604. The topological polar surface area (TPSA) is 38.2 Å². The van der Waals surface area contributed by atoms with Crippen molar-refractivity contribution >= 4 is 28.1 Å². The summed E-state index contributed by atoms with van der Waals surface area (Å²) in [5, 5.41) is 11.6.